The molecule has 1 N–H and O–H groups in total. The van der Waals surface area contributed by atoms with Gasteiger partial charge in [-0.15, -0.1) is 0 Å². The molecule has 0 fully saturated rings. The van der Waals surface area contributed by atoms with E-state index >= 15 is 0 Å². The Morgan fingerprint density at radius 3 is 2.76 bits per heavy atom. The van der Waals surface area contributed by atoms with Gasteiger partial charge in [0.1, 0.15) is 5.58 Å². The van der Waals surface area contributed by atoms with Gasteiger partial charge >= 0.3 is 0 Å². The first-order valence-corrected chi connectivity index (χ1v) is 11.5. The van der Waals surface area contributed by atoms with Gasteiger partial charge in [0, 0.05) is 10.9 Å². The monoisotopic (exact) mass is 411 g/mol. The Morgan fingerprint density at radius 2 is 2.00 bits per heavy atom. The molecule has 1 aromatic heterocycles. The molecule has 0 bridgehead atoms. The Morgan fingerprint density at radius 1 is 1.24 bits per heavy atom. The molecule has 0 spiro atoms. The third kappa shape index (κ3) is 3.69. The molecule has 2 aromatic carbocycles. The molecule has 5 nitrogen and oxygen atoms in total. The molecule has 1 aliphatic rings. The van der Waals surface area contributed by atoms with Gasteiger partial charge < -0.3 is 9.73 Å². The molecule has 3 aromatic rings. The average molecular weight is 412 g/mol. The fourth-order valence-corrected chi connectivity index (χ4v) is 5.78. The normalized spacial score (nSPS) is 18.0. The van der Waals surface area contributed by atoms with Crippen molar-refractivity contribution in [3.8, 4) is 0 Å². The zero-order valence-electron chi connectivity index (χ0n) is 16.9. The second-order valence-corrected chi connectivity index (χ2v) is 10.1. The van der Waals surface area contributed by atoms with E-state index in [0.717, 1.165) is 16.5 Å². The van der Waals surface area contributed by atoms with E-state index in [9.17, 15) is 13.2 Å². The molecule has 29 heavy (non-hydrogen) atoms. The standard InChI is InChI=1S/C23H25NO4S/c1-14(2)18-12-19-16(13-28-21(19)10-15(18)3)11-23(25)24-20-8-9-29(26,27)22-7-5-4-6-17(20)22/h4-7,10,12-14,20H,8-9,11H2,1-3H3,(H,24,25). The lowest BCUT2D eigenvalue weighted by atomic mass is 9.95. The summed E-state index contributed by atoms with van der Waals surface area (Å²) in [5.74, 6) is 0.288. The van der Waals surface area contributed by atoms with Crippen molar-refractivity contribution in [2.45, 2.75) is 50.5 Å². The number of carbonyl (C=O) groups excluding carboxylic acids is 1. The van der Waals surface area contributed by atoms with Gasteiger partial charge in [-0.05, 0) is 54.2 Å². The minimum atomic E-state index is -3.27. The quantitative estimate of drug-likeness (QED) is 0.688. The SMILES string of the molecule is Cc1cc2occ(CC(=O)NC3CCS(=O)(=O)c4ccccc43)c2cc1C(C)C. The number of hydrogen-bond donors (Lipinski definition) is 1. The zero-order chi connectivity index (χ0) is 20.8. The maximum absolute atomic E-state index is 12.8. The van der Waals surface area contributed by atoms with E-state index in [4.69, 9.17) is 4.42 Å². The summed E-state index contributed by atoms with van der Waals surface area (Å²) in [6, 6.07) is 10.8. The summed E-state index contributed by atoms with van der Waals surface area (Å²) in [6.45, 7) is 6.36. The van der Waals surface area contributed by atoms with Crippen LogP contribution in [0.25, 0.3) is 11.0 Å². The van der Waals surface area contributed by atoms with Gasteiger partial charge in [0.25, 0.3) is 0 Å². The number of rotatable bonds is 4. The molecule has 1 atom stereocenters. The lowest BCUT2D eigenvalue weighted by Gasteiger charge is -2.26. The highest BCUT2D eigenvalue weighted by Gasteiger charge is 2.30. The van der Waals surface area contributed by atoms with Gasteiger partial charge in [-0.2, -0.15) is 0 Å². The molecule has 0 aliphatic carbocycles. The molecular formula is C23H25NO4S. The van der Waals surface area contributed by atoms with Gasteiger partial charge in [-0.1, -0.05) is 32.0 Å². The van der Waals surface area contributed by atoms with Crippen LogP contribution in [0.15, 0.2) is 52.0 Å². The van der Waals surface area contributed by atoms with Crippen LogP contribution < -0.4 is 5.32 Å². The van der Waals surface area contributed by atoms with Gasteiger partial charge in [-0.3, -0.25) is 4.79 Å². The van der Waals surface area contributed by atoms with E-state index in [-0.39, 0.29) is 24.1 Å². The number of carbonyl (C=O) groups is 1. The van der Waals surface area contributed by atoms with Crippen molar-refractivity contribution >= 4 is 26.7 Å². The molecule has 0 radical (unpaired) electrons. The fraction of sp³-hybridized carbons (Fsp3) is 0.348. The predicted octanol–water partition coefficient (Wildman–Crippen LogP) is 4.44. The maximum atomic E-state index is 12.8. The van der Waals surface area contributed by atoms with Gasteiger partial charge in [0.05, 0.1) is 29.4 Å². The topological polar surface area (TPSA) is 76.4 Å². The highest BCUT2D eigenvalue weighted by molar-refractivity contribution is 7.91. The van der Waals surface area contributed by atoms with E-state index in [1.165, 1.54) is 11.1 Å². The highest BCUT2D eigenvalue weighted by atomic mass is 32.2. The molecule has 1 amide bonds. The van der Waals surface area contributed by atoms with E-state index in [0.29, 0.717) is 22.8 Å². The number of fused-ring (bicyclic) bond motifs is 2. The number of aryl methyl sites for hydroxylation is 1. The van der Waals surface area contributed by atoms with Crippen molar-refractivity contribution in [2.75, 3.05) is 5.75 Å². The minimum Gasteiger partial charge on any atom is -0.464 e. The van der Waals surface area contributed by atoms with Crippen molar-refractivity contribution < 1.29 is 17.6 Å². The minimum absolute atomic E-state index is 0.0423. The predicted molar refractivity (Wildman–Crippen MR) is 113 cm³/mol. The van der Waals surface area contributed by atoms with E-state index in [1.807, 2.05) is 6.07 Å². The molecule has 0 saturated heterocycles. The van der Waals surface area contributed by atoms with Crippen molar-refractivity contribution in [3.05, 3.63) is 64.9 Å². The number of hydrogen-bond acceptors (Lipinski definition) is 4. The van der Waals surface area contributed by atoms with Crippen molar-refractivity contribution in [1.82, 2.24) is 5.32 Å². The van der Waals surface area contributed by atoms with Crippen LogP contribution in [0.5, 0.6) is 0 Å². The summed E-state index contributed by atoms with van der Waals surface area (Å²) >= 11 is 0. The van der Waals surface area contributed by atoms with E-state index in [1.54, 1.807) is 30.5 Å². The molecule has 4 rings (SSSR count). The molecule has 0 saturated carbocycles. The first-order valence-electron chi connectivity index (χ1n) is 9.88. The summed E-state index contributed by atoms with van der Waals surface area (Å²) in [7, 11) is -3.27. The van der Waals surface area contributed by atoms with Crippen LogP contribution in [-0.2, 0) is 21.1 Å². The summed E-state index contributed by atoms with van der Waals surface area (Å²) in [5, 5.41) is 3.98. The zero-order valence-corrected chi connectivity index (χ0v) is 17.7. The number of nitrogens with one attached hydrogen (secondary N) is 1. The second kappa shape index (κ2) is 7.34. The molecular weight excluding hydrogens is 386 g/mol. The van der Waals surface area contributed by atoms with Crippen molar-refractivity contribution in [2.24, 2.45) is 0 Å². The van der Waals surface area contributed by atoms with Gasteiger partial charge in [0.15, 0.2) is 9.84 Å². The van der Waals surface area contributed by atoms with Crippen LogP contribution in [0.2, 0.25) is 0 Å². The Kier molecular flexibility index (Phi) is 4.99. The first-order chi connectivity index (χ1) is 13.8. The Balaban J connectivity index is 1.57. The Labute approximate surface area is 171 Å². The maximum Gasteiger partial charge on any atom is 0.225 e. The van der Waals surface area contributed by atoms with E-state index in [2.05, 4.69) is 32.2 Å². The lowest BCUT2D eigenvalue weighted by molar-refractivity contribution is -0.121. The third-order valence-corrected chi connectivity index (χ3v) is 7.47. The smallest absolute Gasteiger partial charge is 0.225 e. The van der Waals surface area contributed by atoms with Gasteiger partial charge in [-0.25, -0.2) is 8.42 Å². The molecule has 6 heteroatoms. The number of benzene rings is 2. The lowest BCUT2D eigenvalue weighted by Crippen LogP contribution is -2.34. The Hall–Kier alpha value is -2.60. The van der Waals surface area contributed by atoms with Crippen molar-refractivity contribution in [3.63, 3.8) is 0 Å². The van der Waals surface area contributed by atoms with Crippen LogP contribution in [0.1, 0.15) is 54.5 Å². The van der Waals surface area contributed by atoms with Crippen molar-refractivity contribution in [1.29, 1.82) is 0 Å². The first kappa shape index (κ1) is 19.7. The van der Waals surface area contributed by atoms with Crippen LogP contribution in [0.3, 0.4) is 0 Å². The number of furan rings is 1. The fourth-order valence-electron chi connectivity index (χ4n) is 4.16. The van der Waals surface area contributed by atoms with Gasteiger partial charge in [0.2, 0.25) is 5.91 Å². The van der Waals surface area contributed by atoms with Crippen LogP contribution in [0.4, 0.5) is 0 Å². The largest absolute Gasteiger partial charge is 0.464 e. The molecule has 1 aliphatic heterocycles. The summed E-state index contributed by atoms with van der Waals surface area (Å²) in [4.78, 5) is 13.1. The number of amides is 1. The second-order valence-electron chi connectivity index (χ2n) is 8.06. The molecule has 152 valence electrons. The average Bonchev–Trinajstić information content (AvgIpc) is 3.05. The summed E-state index contributed by atoms with van der Waals surface area (Å²) in [5.41, 5.74) is 4.71. The molecule has 2 heterocycles. The summed E-state index contributed by atoms with van der Waals surface area (Å²) < 4.78 is 30.3. The summed E-state index contributed by atoms with van der Waals surface area (Å²) in [6.07, 6.45) is 2.22. The van der Waals surface area contributed by atoms with Crippen LogP contribution in [0, 0.1) is 6.92 Å². The highest BCUT2D eigenvalue weighted by Crippen LogP contribution is 2.32. The Bertz CT molecular complexity index is 1190. The number of sulfone groups is 1. The van der Waals surface area contributed by atoms with Crippen LogP contribution in [-0.4, -0.2) is 20.1 Å². The van der Waals surface area contributed by atoms with Crippen LogP contribution >= 0.6 is 0 Å². The van der Waals surface area contributed by atoms with E-state index < -0.39 is 9.84 Å². The molecule has 1 unspecified atom stereocenters. The third-order valence-electron chi connectivity index (χ3n) is 5.66.